The Balaban J connectivity index is 1.69. The number of nitrogens with zero attached hydrogens (tertiary/aromatic N) is 3. The maximum Gasteiger partial charge on any atom is 0.227 e. The normalized spacial score (nSPS) is 15.5. The van der Waals surface area contributed by atoms with Crippen LogP contribution in [0.1, 0.15) is 31.5 Å². The largest absolute Gasteiger partial charge is 0.493 e. The zero-order chi connectivity index (χ0) is 20.1. The van der Waals surface area contributed by atoms with Gasteiger partial charge in [-0.3, -0.25) is 4.79 Å². The van der Waals surface area contributed by atoms with Crippen LogP contribution in [-0.4, -0.2) is 43.2 Å². The lowest BCUT2D eigenvalue weighted by Crippen LogP contribution is -2.30. The van der Waals surface area contributed by atoms with Gasteiger partial charge in [0.1, 0.15) is 0 Å². The first kappa shape index (κ1) is 19.9. The number of ether oxygens (including phenoxy) is 2. The van der Waals surface area contributed by atoms with Crippen molar-refractivity contribution in [3.63, 3.8) is 0 Å². The number of hydrogen-bond acceptors (Lipinski definition) is 6. The van der Waals surface area contributed by atoms with Crippen LogP contribution in [0.2, 0.25) is 0 Å². The van der Waals surface area contributed by atoms with Gasteiger partial charge in [0.2, 0.25) is 11.9 Å². The average molecular weight is 384 g/mol. The lowest BCUT2D eigenvalue weighted by Gasteiger charge is -2.25. The smallest absolute Gasteiger partial charge is 0.227 e. The first-order valence-corrected chi connectivity index (χ1v) is 9.72. The van der Waals surface area contributed by atoms with Crippen molar-refractivity contribution in [2.75, 3.05) is 37.5 Å². The van der Waals surface area contributed by atoms with Crippen molar-refractivity contribution in [1.29, 1.82) is 0 Å². The van der Waals surface area contributed by atoms with Gasteiger partial charge in [0.05, 0.1) is 14.2 Å². The molecule has 1 aliphatic rings. The summed E-state index contributed by atoms with van der Waals surface area (Å²) in [7, 11) is 3.16. The number of carbonyl (C=O) groups excluding carboxylic acids is 1. The monoisotopic (exact) mass is 384 g/mol. The van der Waals surface area contributed by atoms with E-state index in [0.29, 0.717) is 23.6 Å². The van der Waals surface area contributed by atoms with Crippen molar-refractivity contribution in [2.45, 2.75) is 33.1 Å². The number of rotatable bonds is 7. The van der Waals surface area contributed by atoms with Gasteiger partial charge in [-0.1, -0.05) is 0 Å². The van der Waals surface area contributed by atoms with Crippen LogP contribution in [0, 0.1) is 5.92 Å². The lowest BCUT2D eigenvalue weighted by molar-refractivity contribution is -0.120. The van der Waals surface area contributed by atoms with Crippen molar-refractivity contribution in [2.24, 2.45) is 5.92 Å². The summed E-state index contributed by atoms with van der Waals surface area (Å²) >= 11 is 0. The molecule has 3 rings (SSSR count). The van der Waals surface area contributed by atoms with E-state index in [4.69, 9.17) is 14.5 Å². The zero-order valence-electron chi connectivity index (χ0n) is 17.0. The van der Waals surface area contributed by atoms with E-state index in [1.165, 1.54) is 0 Å². The number of hydrogen-bond donors (Lipinski definition) is 1. The number of aromatic nitrogens is 2. The molecule has 1 amide bonds. The van der Waals surface area contributed by atoms with Gasteiger partial charge in [-0.05, 0) is 50.8 Å². The molecule has 1 aromatic heterocycles. The van der Waals surface area contributed by atoms with Crippen LogP contribution in [0.15, 0.2) is 24.4 Å². The molecule has 1 aromatic carbocycles. The highest BCUT2D eigenvalue weighted by Crippen LogP contribution is 2.31. The quantitative estimate of drug-likeness (QED) is 0.791. The number of amides is 1. The van der Waals surface area contributed by atoms with E-state index in [2.05, 4.69) is 29.0 Å². The van der Waals surface area contributed by atoms with Crippen LogP contribution in [0.25, 0.3) is 0 Å². The van der Waals surface area contributed by atoms with Gasteiger partial charge in [-0.25, -0.2) is 9.97 Å². The van der Waals surface area contributed by atoms with E-state index in [0.717, 1.165) is 43.1 Å². The Morgan fingerprint density at radius 3 is 2.64 bits per heavy atom. The van der Waals surface area contributed by atoms with Gasteiger partial charge < -0.3 is 19.7 Å². The van der Waals surface area contributed by atoms with Crippen LogP contribution in [0.4, 0.5) is 11.6 Å². The molecule has 0 fully saturated rings. The van der Waals surface area contributed by atoms with Crippen LogP contribution in [0.3, 0.4) is 0 Å². The van der Waals surface area contributed by atoms with Crippen molar-refractivity contribution < 1.29 is 14.3 Å². The Morgan fingerprint density at radius 2 is 1.96 bits per heavy atom. The number of anilines is 2. The fourth-order valence-corrected chi connectivity index (χ4v) is 3.54. The number of methoxy groups -OCH3 is 2. The summed E-state index contributed by atoms with van der Waals surface area (Å²) in [5.41, 5.74) is 2.82. The molecule has 1 aliphatic carbocycles. The predicted molar refractivity (Wildman–Crippen MR) is 109 cm³/mol. The highest BCUT2D eigenvalue weighted by molar-refractivity contribution is 5.93. The highest BCUT2D eigenvalue weighted by atomic mass is 16.5. The summed E-state index contributed by atoms with van der Waals surface area (Å²) in [6.07, 6.45) is 4.11. The molecular formula is C21H28N4O3. The van der Waals surface area contributed by atoms with Crippen LogP contribution >= 0.6 is 0 Å². The zero-order valence-corrected chi connectivity index (χ0v) is 17.0. The number of carbonyl (C=O) groups is 1. The molecule has 0 saturated carbocycles. The van der Waals surface area contributed by atoms with Gasteiger partial charge in [-0.15, -0.1) is 0 Å². The molecule has 28 heavy (non-hydrogen) atoms. The average Bonchev–Trinajstić information content (AvgIpc) is 2.74. The van der Waals surface area contributed by atoms with Crippen molar-refractivity contribution >= 4 is 17.5 Å². The summed E-state index contributed by atoms with van der Waals surface area (Å²) in [5.74, 6) is 1.91. The second kappa shape index (κ2) is 8.91. The van der Waals surface area contributed by atoms with Gasteiger partial charge in [0.25, 0.3) is 0 Å². The summed E-state index contributed by atoms with van der Waals surface area (Å²) in [5, 5.41) is 2.99. The second-order valence-corrected chi connectivity index (χ2v) is 6.81. The van der Waals surface area contributed by atoms with Gasteiger partial charge >= 0.3 is 0 Å². The number of aryl methyl sites for hydroxylation is 1. The summed E-state index contributed by atoms with van der Waals surface area (Å²) in [6, 6.07) is 5.37. The lowest BCUT2D eigenvalue weighted by atomic mass is 9.86. The minimum Gasteiger partial charge on any atom is -0.493 e. The second-order valence-electron chi connectivity index (χ2n) is 6.81. The fourth-order valence-electron chi connectivity index (χ4n) is 3.54. The highest BCUT2D eigenvalue weighted by Gasteiger charge is 2.26. The summed E-state index contributed by atoms with van der Waals surface area (Å²) < 4.78 is 10.5. The van der Waals surface area contributed by atoms with E-state index in [-0.39, 0.29) is 11.8 Å². The molecule has 7 heteroatoms. The van der Waals surface area contributed by atoms with Crippen molar-refractivity contribution in [3.05, 3.63) is 35.7 Å². The van der Waals surface area contributed by atoms with Crippen molar-refractivity contribution in [1.82, 2.24) is 9.97 Å². The van der Waals surface area contributed by atoms with E-state index < -0.39 is 0 Å². The topological polar surface area (TPSA) is 76.6 Å². The molecule has 1 heterocycles. The van der Waals surface area contributed by atoms with E-state index in [1.807, 2.05) is 12.3 Å². The minimum absolute atomic E-state index is 0.00527. The third-order valence-corrected chi connectivity index (χ3v) is 5.21. The molecule has 7 nitrogen and oxygen atoms in total. The Kier molecular flexibility index (Phi) is 6.34. The molecule has 1 N–H and O–H groups in total. The van der Waals surface area contributed by atoms with Crippen LogP contribution < -0.4 is 19.7 Å². The molecule has 1 atom stereocenters. The SMILES string of the molecule is CCN(CC)c1ncc2c(n1)CCC(C(=O)Nc1ccc(OC)c(OC)c1)C2. The first-order chi connectivity index (χ1) is 13.6. The molecular weight excluding hydrogens is 356 g/mol. The standard InChI is InChI=1S/C21H28N4O3/c1-5-25(6-2)21-22-13-15-11-14(7-9-17(15)24-21)20(26)23-16-8-10-18(27-3)19(12-16)28-4/h8,10,12-14H,5-7,9,11H2,1-4H3,(H,23,26). The molecule has 0 saturated heterocycles. The van der Waals surface area contributed by atoms with Crippen molar-refractivity contribution in [3.8, 4) is 11.5 Å². The molecule has 1 unspecified atom stereocenters. The molecule has 0 aliphatic heterocycles. The third-order valence-electron chi connectivity index (χ3n) is 5.21. The molecule has 2 aromatic rings. The predicted octanol–water partition coefficient (Wildman–Crippen LogP) is 3.08. The van der Waals surface area contributed by atoms with Gasteiger partial charge in [0, 0.05) is 42.7 Å². The molecule has 0 spiro atoms. The maximum atomic E-state index is 12.8. The Labute approximate surface area is 166 Å². The summed E-state index contributed by atoms with van der Waals surface area (Å²) in [6.45, 7) is 5.96. The number of fused-ring (bicyclic) bond motifs is 1. The minimum atomic E-state index is -0.0940. The fraction of sp³-hybridized carbons (Fsp3) is 0.476. The number of nitrogens with one attached hydrogen (secondary N) is 1. The third kappa shape index (κ3) is 4.18. The Hall–Kier alpha value is -2.83. The van der Waals surface area contributed by atoms with E-state index in [1.54, 1.807) is 26.4 Å². The molecule has 0 bridgehead atoms. The molecule has 150 valence electrons. The maximum absolute atomic E-state index is 12.8. The van der Waals surface area contributed by atoms with Crippen LogP contribution in [0.5, 0.6) is 11.5 Å². The summed E-state index contributed by atoms with van der Waals surface area (Å²) in [4.78, 5) is 24.1. The van der Waals surface area contributed by atoms with Gasteiger partial charge in [-0.2, -0.15) is 0 Å². The molecule has 0 radical (unpaired) electrons. The Bertz CT molecular complexity index is 836. The Morgan fingerprint density at radius 1 is 1.21 bits per heavy atom. The van der Waals surface area contributed by atoms with E-state index >= 15 is 0 Å². The number of benzene rings is 1. The van der Waals surface area contributed by atoms with Crippen LogP contribution in [-0.2, 0) is 17.6 Å². The van der Waals surface area contributed by atoms with Gasteiger partial charge in [0.15, 0.2) is 11.5 Å². The first-order valence-electron chi connectivity index (χ1n) is 9.72. The van der Waals surface area contributed by atoms with E-state index in [9.17, 15) is 4.79 Å².